The first kappa shape index (κ1) is 22.3. The van der Waals surface area contributed by atoms with Crippen LogP contribution in [0.4, 0.5) is 9.18 Å². The summed E-state index contributed by atoms with van der Waals surface area (Å²) in [6.07, 6.45) is 7.03. The summed E-state index contributed by atoms with van der Waals surface area (Å²) in [5, 5.41) is 0. The third-order valence-electron chi connectivity index (χ3n) is 6.90. The lowest BCUT2D eigenvalue weighted by molar-refractivity contribution is -0.0103. The average Bonchev–Trinajstić information content (AvgIpc) is 3.36. The summed E-state index contributed by atoms with van der Waals surface area (Å²) in [5.41, 5.74) is -0.0755. The summed E-state index contributed by atoms with van der Waals surface area (Å²) in [4.78, 5) is 22.3. The molecule has 0 spiro atoms. The zero-order valence-corrected chi connectivity index (χ0v) is 18.8. The van der Waals surface area contributed by atoms with Crippen molar-refractivity contribution in [1.29, 1.82) is 0 Å². The van der Waals surface area contributed by atoms with Gasteiger partial charge in [-0.15, -0.1) is 0 Å². The van der Waals surface area contributed by atoms with Crippen LogP contribution in [0.3, 0.4) is 0 Å². The van der Waals surface area contributed by atoms with Gasteiger partial charge in [-0.05, 0) is 44.9 Å². The van der Waals surface area contributed by atoms with Gasteiger partial charge >= 0.3 is 6.09 Å². The molecule has 9 nitrogen and oxygen atoms in total. The van der Waals surface area contributed by atoms with Gasteiger partial charge in [-0.1, -0.05) is 0 Å². The second-order valence-electron chi connectivity index (χ2n) is 9.04. The second kappa shape index (κ2) is 8.25. The van der Waals surface area contributed by atoms with Crippen molar-refractivity contribution in [2.24, 2.45) is 5.92 Å². The van der Waals surface area contributed by atoms with Gasteiger partial charge in [0.15, 0.2) is 5.82 Å². The fourth-order valence-corrected chi connectivity index (χ4v) is 6.17. The Hall–Kier alpha value is -1.85. The van der Waals surface area contributed by atoms with Crippen LogP contribution in [0, 0.1) is 11.7 Å². The van der Waals surface area contributed by atoms with Crippen LogP contribution < -0.4 is 4.72 Å². The van der Waals surface area contributed by atoms with E-state index in [0.29, 0.717) is 18.2 Å². The van der Waals surface area contributed by atoms with Crippen molar-refractivity contribution >= 4 is 16.1 Å². The maximum atomic E-state index is 13.2. The molecule has 1 aromatic heterocycles. The number of amides is 1. The van der Waals surface area contributed by atoms with E-state index in [9.17, 15) is 17.6 Å². The molecule has 0 aromatic carbocycles. The summed E-state index contributed by atoms with van der Waals surface area (Å²) in [5.74, 6) is 0.657. The number of aromatic nitrogens is 2. The van der Waals surface area contributed by atoms with E-state index >= 15 is 0 Å². The Kier molecular flexibility index (Phi) is 5.95. The van der Waals surface area contributed by atoms with Crippen LogP contribution in [0.2, 0.25) is 0 Å². The molecule has 2 saturated carbocycles. The summed E-state index contributed by atoms with van der Waals surface area (Å²) in [6, 6.07) is -1.04. The Morgan fingerprint density at radius 3 is 2.68 bits per heavy atom. The minimum Gasteiger partial charge on any atom is -0.453 e. The first-order chi connectivity index (χ1) is 14.6. The quantitative estimate of drug-likeness (QED) is 0.692. The number of sulfonamides is 1. The molecule has 31 heavy (non-hydrogen) atoms. The first-order valence-corrected chi connectivity index (χ1v) is 12.5. The van der Waals surface area contributed by atoms with Crippen molar-refractivity contribution < 1.29 is 27.1 Å². The van der Waals surface area contributed by atoms with Crippen LogP contribution in [-0.4, -0.2) is 73.6 Å². The Morgan fingerprint density at radius 1 is 1.35 bits per heavy atom. The molecule has 11 heteroatoms. The van der Waals surface area contributed by atoms with Crippen LogP contribution in [0.1, 0.15) is 44.9 Å². The number of ether oxygens (including phenoxy) is 2. The molecule has 3 fully saturated rings. The topological polar surface area (TPSA) is 111 Å². The van der Waals surface area contributed by atoms with Crippen LogP contribution in [0.5, 0.6) is 0 Å². The van der Waals surface area contributed by atoms with Gasteiger partial charge in [0.25, 0.3) is 0 Å². The number of carbonyl (C=O) groups is 1. The van der Waals surface area contributed by atoms with Gasteiger partial charge in [-0.25, -0.2) is 32.3 Å². The molecule has 2 aliphatic carbocycles. The van der Waals surface area contributed by atoms with Crippen LogP contribution >= 0.6 is 0 Å². The number of nitrogens with zero attached hydrogens (tertiary/aromatic N) is 3. The Balaban J connectivity index is 1.39. The van der Waals surface area contributed by atoms with E-state index in [1.54, 1.807) is 4.90 Å². The predicted octanol–water partition coefficient (Wildman–Crippen LogP) is 1.59. The number of methoxy groups -OCH3 is 1. The molecule has 6 atom stereocenters. The molecule has 0 radical (unpaired) electrons. The lowest BCUT2D eigenvalue weighted by atomic mass is 9.86. The molecule has 3 unspecified atom stereocenters. The van der Waals surface area contributed by atoms with E-state index in [1.807, 2.05) is 6.92 Å². The van der Waals surface area contributed by atoms with Gasteiger partial charge in [-0.2, -0.15) is 0 Å². The van der Waals surface area contributed by atoms with Gasteiger partial charge in [-0.3, -0.25) is 4.90 Å². The zero-order valence-electron chi connectivity index (χ0n) is 18.0. The Labute approximate surface area is 181 Å². The lowest BCUT2D eigenvalue weighted by Gasteiger charge is -2.32. The molecule has 2 heterocycles. The number of fused-ring (bicyclic) bond motifs is 1. The molecule has 172 valence electrons. The second-order valence-corrected chi connectivity index (χ2v) is 10.8. The van der Waals surface area contributed by atoms with Crippen LogP contribution in [0.15, 0.2) is 12.4 Å². The standard InChI is InChI=1S/C20H29FN4O5S/c1-12-6-16(24-31(3,27)28)17(25(12)19(26)29-2)11-30-15-4-5-20(8-13(20)7-15)18-22-9-14(21)10-23-18/h9-10,12-13,15-17,24H,4-8,11H2,1-3H3/t12-,13?,15?,16+,17+,20?/m1/s1. The number of halogens is 1. The highest BCUT2D eigenvalue weighted by atomic mass is 32.2. The number of likely N-dealkylation sites (tertiary alicyclic amines) is 1. The molecule has 1 aliphatic heterocycles. The molecule has 0 bridgehead atoms. The molecule has 4 rings (SSSR count). The Morgan fingerprint density at radius 2 is 2.06 bits per heavy atom. The van der Waals surface area contributed by atoms with E-state index in [0.717, 1.165) is 31.9 Å². The number of hydrogen-bond donors (Lipinski definition) is 1. The zero-order chi connectivity index (χ0) is 22.4. The van der Waals surface area contributed by atoms with E-state index in [2.05, 4.69) is 14.7 Å². The van der Waals surface area contributed by atoms with E-state index in [1.165, 1.54) is 19.5 Å². The minimum atomic E-state index is -3.43. The van der Waals surface area contributed by atoms with Gasteiger partial charge in [0, 0.05) is 17.5 Å². The molecule has 1 saturated heterocycles. The van der Waals surface area contributed by atoms with Crippen molar-refractivity contribution in [2.45, 2.75) is 68.7 Å². The third-order valence-corrected chi connectivity index (χ3v) is 7.63. The smallest absolute Gasteiger partial charge is 0.410 e. The molecule has 1 aromatic rings. The third kappa shape index (κ3) is 4.54. The number of carbonyl (C=O) groups excluding carboxylic acids is 1. The van der Waals surface area contributed by atoms with Crippen molar-refractivity contribution in [3.63, 3.8) is 0 Å². The normalized spacial score (nSPS) is 35.0. The number of nitrogens with one attached hydrogen (secondary N) is 1. The highest BCUT2D eigenvalue weighted by Gasteiger charge is 2.60. The number of rotatable bonds is 6. The highest BCUT2D eigenvalue weighted by Crippen LogP contribution is 2.61. The fourth-order valence-electron chi connectivity index (χ4n) is 5.37. The summed E-state index contributed by atoms with van der Waals surface area (Å²) < 4.78 is 50.5. The summed E-state index contributed by atoms with van der Waals surface area (Å²) in [6.45, 7) is 2.10. The van der Waals surface area contributed by atoms with Gasteiger partial charge in [0.2, 0.25) is 10.0 Å². The first-order valence-electron chi connectivity index (χ1n) is 10.6. The van der Waals surface area contributed by atoms with E-state index in [-0.39, 0.29) is 24.2 Å². The molecule has 3 aliphatic rings. The maximum Gasteiger partial charge on any atom is 0.410 e. The molecule has 1 N–H and O–H groups in total. The monoisotopic (exact) mass is 456 g/mol. The van der Waals surface area contributed by atoms with Crippen molar-refractivity contribution in [3.05, 3.63) is 24.0 Å². The maximum absolute atomic E-state index is 13.2. The minimum absolute atomic E-state index is 0.00959. The summed E-state index contributed by atoms with van der Waals surface area (Å²) in [7, 11) is -2.12. The molecular weight excluding hydrogens is 427 g/mol. The largest absolute Gasteiger partial charge is 0.453 e. The van der Waals surface area contributed by atoms with E-state index in [4.69, 9.17) is 9.47 Å². The van der Waals surface area contributed by atoms with Gasteiger partial charge in [0.05, 0.1) is 44.5 Å². The highest BCUT2D eigenvalue weighted by molar-refractivity contribution is 7.88. The summed E-state index contributed by atoms with van der Waals surface area (Å²) >= 11 is 0. The van der Waals surface area contributed by atoms with Crippen LogP contribution in [-0.2, 0) is 24.9 Å². The van der Waals surface area contributed by atoms with Crippen molar-refractivity contribution in [2.75, 3.05) is 20.0 Å². The lowest BCUT2D eigenvalue weighted by Crippen LogP contribution is -2.50. The fraction of sp³-hybridized carbons (Fsp3) is 0.750. The van der Waals surface area contributed by atoms with Gasteiger partial charge < -0.3 is 9.47 Å². The van der Waals surface area contributed by atoms with E-state index < -0.39 is 34.0 Å². The average molecular weight is 457 g/mol. The molecular formula is C20H29FN4O5S. The molecule has 1 amide bonds. The van der Waals surface area contributed by atoms with Gasteiger partial charge in [0.1, 0.15) is 5.82 Å². The predicted molar refractivity (Wildman–Crippen MR) is 109 cm³/mol. The van der Waals surface area contributed by atoms with Crippen LogP contribution in [0.25, 0.3) is 0 Å². The Bertz CT molecular complexity index is 930. The van der Waals surface area contributed by atoms with Crippen molar-refractivity contribution in [3.8, 4) is 0 Å². The number of hydrogen-bond acceptors (Lipinski definition) is 7. The SMILES string of the molecule is COC(=O)N1[C@H](C)C[C@H](NS(C)(=O)=O)[C@@H]1COC1CCC2(c3ncc(F)cn3)CC2C1. The van der Waals surface area contributed by atoms with Crippen molar-refractivity contribution in [1.82, 2.24) is 19.6 Å².